The van der Waals surface area contributed by atoms with Gasteiger partial charge in [0.1, 0.15) is 12.4 Å². The Hall–Kier alpha value is -2.85. The molecule has 0 unspecified atom stereocenters. The third-order valence-corrected chi connectivity index (χ3v) is 5.38. The highest BCUT2D eigenvalue weighted by molar-refractivity contribution is 9.10. The molecule has 3 rings (SSSR count). The second kappa shape index (κ2) is 8.66. The second-order valence-electron chi connectivity index (χ2n) is 6.12. The van der Waals surface area contributed by atoms with E-state index in [-0.39, 0.29) is 23.6 Å². The standard InChI is InChI=1S/C19H15BrN2O6S/c1-11-3-2-4-14(7-11)28-6-5-21-18(24)16(29-19(21)25)9-12-8-13(20)10-15(17(12)23)22(26)27/h2-4,7-10,23H,5-6H2,1H3/b16-9-. The Labute approximate surface area is 178 Å². The lowest BCUT2D eigenvalue weighted by molar-refractivity contribution is -0.385. The molecular weight excluding hydrogens is 464 g/mol. The summed E-state index contributed by atoms with van der Waals surface area (Å²) in [5.41, 5.74) is 0.587. The van der Waals surface area contributed by atoms with Crippen molar-refractivity contribution in [2.24, 2.45) is 0 Å². The molecule has 10 heteroatoms. The highest BCUT2D eigenvalue weighted by Gasteiger charge is 2.35. The molecule has 0 aromatic heterocycles. The van der Waals surface area contributed by atoms with Crippen LogP contribution in [0.4, 0.5) is 10.5 Å². The number of ether oxygens (including phenoxy) is 1. The number of nitro groups is 1. The van der Waals surface area contributed by atoms with E-state index in [1.54, 1.807) is 6.07 Å². The number of rotatable bonds is 6. The molecule has 1 N–H and O–H groups in total. The van der Waals surface area contributed by atoms with Crippen LogP contribution in [-0.4, -0.2) is 39.2 Å². The van der Waals surface area contributed by atoms with E-state index < -0.39 is 27.5 Å². The average molecular weight is 479 g/mol. The van der Waals surface area contributed by atoms with Crippen LogP contribution in [0.15, 0.2) is 45.8 Å². The first kappa shape index (κ1) is 20.9. The highest BCUT2D eigenvalue weighted by Crippen LogP contribution is 2.38. The van der Waals surface area contributed by atoms with Gasteiger partial charge in [0, 0.05) is 16.1 Å². The van der Waals surface area contributed by atoms with Crippen LogP contribution >= 0.6 is 27.7 Å². The number of aromatic hydroxyl groups is 1. The van der Waals surface area contributed by atoms with Crippen molar-refractivity contribution in [1.82, 2.24) is 4.90 Å². The lowest BCUT2D eigenvalue weighted by Gasteiger charge is -2.13. The van der Waals surface area contributed by atoms with Gasteiger partial charge in [-0.05, 0) is 48.5 Å². The molecule has 1 saturated heterocycles. The number of carbonyl (C=O) groups excluding carboxylic acids is 2. The maximum Gasteiger partial charge on any atom is 0.312 e. The van der Waals surface area contributed by atoms with Crippen LogP contribution in [0.1, 0.15) is 11.1 Å². The Morgan fingerprint density at radius 3 is 2.76 bits per heavy atom. The predicted octanol–water partition coefficient (Wildman–Crippen LogP) is 4.49. The number of halogens is 1. The van der Waals surface area contributed by atoms with Crippen LogP contribution in [0, 0.1) is 17.0 Å². The van der Waals surface area contributed by atoms with Crippen molar-refractivity contribution in [2.45, 2.75) is 6.92 Å². The van der Waals surface area contributed by atoms with Gasteiger partial charge in [-0.3, -0.25) is 24.6 Å². The molecule has 0 spiro atoms. The van der Waals surface area contributed by atoms with Gasteiger partial charge in [0.2, 0.25) is 5.75 Å². The Morgan fingerprint density at radius 1 is 1.31 bits per heavy atom. The summed E-state index contributed by atoms with van der Waals surface area (Å²) in [6.45, 7) is 2.11. The number of carbonyl (C=O) groups is 2. The Morgan fingerprint density at radius 2 is 2.07 bits per heavy atom. The van der Waals surface area contributed by atoms with Crippen molar-refractivity contribution in [3.05, 3.63) is 67.0 Å². The molecule has 2 amide bonds. The molecule has 150 valence electrons. The molecule has 0 aliphatic carbocycles. The van der Waals surface area contributed by atoms with Gasteiger partial charge in [-0.25, -0.2) is 0 Å². The first-order chi connectivity index (χ1) is 13.8. The number of aryl methyl sites for hydroxylation is 1. The molecule has 0 saturated carbocycles. The fourth-order valence-electron chi connectivity index (χ4n) is 2.65. The zero-order chi connectivity index (χ0) is 21.1. The molecule has 8 nitrogen and oxygen atoms in total. The van der Waals surface area contributed by atoms with Crippen molar-refractivity contribution in [2.75, 3.05) is 13.2 Å². The molecule has 2 aromatic carbocycles. The number of phenolic OH excluding ortho intramolecular Hbond substituents is 1. The van der Waals surface area contributed by atoms with Gasteiger partial charge in [0.05, 0.1) is 16.4 Å². The van der Waals surface area contributed by atoms with E-state index in [2.05, 4.69) is 15.9 Å². The first-order valence-corrected chi connectivity index (χ1v) is 9.99. The minimum absolute atomic E-state index is 0.0561. The van der Waals surface area contributed by atoms with Crippen molar-refractivity contribution >= 4 is 50.6 Å². The van der Waals surface area contributed by atoms with Crippen LogP contribution in [0.25, 0.3) is 6.08 Å². The summed E-state index contributed by atoms with van der Waals surface area (Å²) >= 11 is 3.84. The van der Waals surface area contributed by atoms with Crippen molar-refractivity contribution in [3.8, 4) is 11.5 Å². The Kier molecular flexibility index (Phi) is 6.23. The quantitative estimate of drug-likeness (QED) is 0.369. The first-order valence-electron chi connectivity index (χ1n) is 8.38. The number of hydrogen-bond acceptors (Lipinski definition) is 7. The van der Waals surface area contributed by atoms with Crippen LogP contribution in [0.2, 0.25) is 0 Å². The lowest BCUT2D eigenvalue weighted by Crippen LogP contribution is -2.32. The van der Waals surface area contributed by atoms with E-state index in [0.29, 0.717) is 22.0 Å². The third kappa shape index (κ3) is 4.77. The van der Waals surface area contributed by atoms with Gasteiger partial charge < -0.3 is 9.84 Å². The molecule has 1 fully saturated rings. The monoisotopic (exact) mass is 478 g/mol. The molecular formula is C19H15BrN2O6S. The number of phenols is 1. The molecule has 29 heavy (non-hydrogen) atoms. The summed E-state index contributed by atoms with van der Waals surface area (Å²) in [6, 6.07) is 9.98. The number of thioether (sulfide) groups is 1. The molecule has 1 heterocycles. The van der Waals surface area contributed by atoms with Crippen LogP contribution in [0.5, 0.6) is 11.5 Å². The smallest absolute Gasteiger partial charge is 0.312 e. The van der Waals surface area contributed by atoms with Crippen LogP contribution in [-0.2, 0) is 4.79 Å². The number of nitro benzene ring substituents is 1. The summed E-state index contributed by atoms with van der Waals surface area (Å²) in [7, 11) is 0. The van der Waals surface area contributed by atoms with Crippen LogP contribution < -0.4 is 4.74 Å². The Balaban J connectivity index is 1.74. The molecule has 2 aromatic rings. The Bertz CT molecular complexity index is 1040. The largest absolute Gasteiger partial charge is 0.502 e. The maximum absolute atomic E-state index is 12.6. The predicted molar refractivity (Wildman–Crippen MR) is 112 cm³/mol. The number of imide groups is 1. The van der Waals surface area contributed by atoms with E-state index in [0.717, 1.165) is 16.5 Å². The minimum Gasteiger partial charge on any atom is -0.502 e. The molecule has 1 aliphatic heterocycles. The number of amides is 2. The molecule has 0 radical (unpaired) electrons. The topological polar surface area (TPSA) is 110 Å². The SMILES string of the molecule is Cc1cccc(OCCN2C(=O)S/C(=C\c3cc(Br)cc([N+](=O)[O-])c3O)C2=O)c1. The van der Waals surface area contributed by atoms with E-state index in [9.17, 15) is 24.8 Å². The zero-order valence-electron chi connectivity index (χ0n) is 15.1. The molecule has 1 aliphatic rings. The van der Waals surface area contributed by atoms with Gasteiger partial charge in [-0.15, -0.1) is 0 Å². The summed E-state index contributed by atoms with van der Waals surface area (Å²) in [5, 5.41) is 20.7. The van der Waals surface area contributed by atoms with Gasteiger partial charge in [-0.2, -0.15) is 0 Å². The summed E-state index contributed by atoms with van der Waals surface area (Å²) in [5.74, 6) is -0.485. The van der Waals surface area contributed by atoms with Gasteiger partial charge >= 0.3 is 5.69 Å². The van der Waals surface area contributed by atoms with Gasteiger partial charge in [0.15, 0.2) is 0 Å². The highest BCUT2D eigenvalue weighted by atomic mass is 79.9. The number of hydrogen-bond donors (Lipinski definition) is 1. The number of nitrogens with zero attached hydrogens (tertiary/aromatic N) is 2. The van der Waals surface area contributed by atoms with Crippen molar-refractivity contribution in [1.29, 1.82) is 0 Å². The maximum atomic E-state index is 12.6. The summed E-state index contributed by atoms with van der Waals surface area (Å²) in [6.07, 6.45) is 1.26. The van der Waals surface area contributed by atoms with E-state index in [1.165, 1.54) is 12.1 Å². The average Bonchev–Trinajstić information content (AvgIpc) is 2.91. The normalized spacial score (nSPS) is 15.2. The van der Waals surface area contributed by atoms with Crippen molar-refractivity contribution in [3.63, 3.8) is 0 Å². The lowest BCUT2D eigenvalue weighted by atomic mass is 10.1. The number of benzene rings is 2. The minimum atomic E-state index is -0.730. The third-order valence-electron chi connectivity index (χ3n) is 4.01. The van der Waals surface area contributed by atoms with Gasteiger partial charge in [0.25, 0.3) is 11.1 Å². The summed E-state index contributed by atoms with van der Waals surface area (Å²) < 4.78 is 5.94. The molecule has 0 bridgehead atoms. The summed E-state index contributed by atoms with van der Waals surface area (Å²) in [4.78, 5) is 36.2. The zero-order valence-corrected chi connectivity index (χ0v) is 17.5. The van der Waals surface area contributed by atoms with E-state index >= 15 is 0 Å². The second-order valence-corrected chi connectivity index (χ2v) is 8.03. The van der Waals surface area contributed by atoms with E-state index in [4.69, 9.17) is 4.74 Å². The van der Waals surface area contributed by atoms with Crippen LogP contribution in [0.3, 0.4) is 0 Å². The fraction of sp³-hybridized carbons (Fsp3) is 0.158. The van der Waals surface area contributed by atoms with Crippen molar-refractivity contribution < 1.29 is 24.4 Å². The fourth-order valence-corrected chi connectivity index (χ4v) is 3.97. The molecule has 0 atom stereocenters. The van der Waals surface area contributed by atoms with Gasteiger partial charge in [-0.1, -0.05) is 28.1 Å². The van der Waals surface area contributed by atoms with E-state index in [1.807, 2.05) is 25.1 Å².